The Hall–Kier alpha value is -1.06. The average molecular weight is 268 g/mol. The number of likely N-dealkylation sites (tertiary alicyclic amines) is 1. The van der Waals surface area contributed by atoms with E-state index in [1.807, 2.05) is 29.2 Å². The lowest BCUT2D eigenvalue weighted by Gasteiger charge is -2.32. The van der Waals surface area contributed by atoms with Crippen molar-refractivity contribution in [2.24, 2.45) is 0 Å². The van der Waals surface area contributed by atoms with Gasteiger partial charge in [-0.3, -0.25) is 4.79 Å². The molecule has 1 fully saturated rings. The number of hydrogen-bond donors (Lipinski definition) is 0. The molecule has 4 heteroatoms. The molecule has 0 radical (unpaired) electrons. The highest BCUT2D eigenvalue weighted by Gasteiger charge is 2.24. The molecular formula is C14H18ClNO2. The second kappa shape index (κ2) is 6.21. The van der Waals surface area contributed by atoms with Gasteiger partial charge in [-0.2, -0.15) is 0 Å². The Morgan fingerprint density at radius 2 is 2.17 bits per heavy atom. The number of ether oxygens (including phenoxy) is 1. The van der Waals surface area contributed by atoms with Crippen molar-refractivity contribution in [1.82, 2.24) is 4.90 Å². The minimum Gasteiger partial charge on any atom is -0.380 e. The molecule has 3 nitrogen and oxygen atoms in total. The molecule has 0 bridgehead atoms. The summed E-state index contributed by atoms with van der Waals surface area (Å²) in [4.78, 5) is 14.2. The monoisotopic (exact) mass is 267 g/mol. The molecule has 1 aromatic carbocycles. The number of carbonyl (C=O) groups excluding carboxylic acids is 1. The summed E-state index contributed by atoms with van der Waals surface area (Å²) in [5.41, 5.74) is 1.75. The fourth-order valence-corrected chi connectivity index (χ4v) is 2.41. The molecule has 2 rings (SSSR count). The number of alkyl halides is 1. The van der Waals surface area contributed by atoms with E-state index < -0.39 is 0 Å². The van der Waals surface area contributed by atoms with Crippen LogP contribution in [0.2, 0.25) is 0 Å². The molecule has 1 heterocycles. The van der Waals surface area contributed by atoms with Gasteiger partial charge in [0.05, 0.1) is 6.10 Å². The van der Waals surface area contributed by atoms with Gasteiger partial charge >= 0.3 is 0 Å². The Kier molecular flexibility index (Phi) is 4.61. The summed E-state index contributed by atoms with van der Waals surface area (Å²) in [5, 5.41) is 0. The summed E-state index contributed by atoms with van der Waals surface area (Å²) in [6.45, 7) is 1.50. The first-order valence-electron chi connectivity index (χ1n) is 6.21. The van der Waals surface area contributed by atoms with Crippen molar-refractivity contribution in [3.8, 4) is 0 Å². The number of benzene rings is 1. The van der Waals surface area contributed by atoms with E-state index in [1.165, 1.54) is 0 Å². The molecule has 1 saturated heterocycles. The van der Waals surface area contributed by atoms with Crippen LogP contribution in [0.25, 0.3) is 0 Å². The summed E-state index contributed by atoms with van der Waals surface area (Å²) in [7, 11) is 1.70. The molecule has 0 spiro atoms. The summed E-state index contributed by atoms with van der Waals surface area (Å²) in [6.07, 6.45) is 2.21. The highest BCUT2D eigenvalue weighted by molar-refractivity contribution is 6.17. The third kappa shape index (κ3) is 3.03. The van der Waals surface area contributed by atoms with Gasteiger partial charge in [0.25, 0.3) is 5.91 Å². The van der Waals surface area contributed by atoms with E-state index >= 15 is 0 Å². The van der Waals surface area contributed by atoms with Crippen molar-refractivity contribution in [2.75, 3.05) is 20.2 Å². The summed E-state index contributed by atoms with van der Waals surface area (Å²) in [5.74, 6) is 0.557. The molecule has 1 amide bonds. The van der Waals surface area contributed by atoms with Gasteiger partial charge in [0.2, 0.25) is 0 Å². The molecule has 0 N–H and O–H groups in total. The lowest BCUT2D eigenvalue weighted by atomic mass is 10.1. The van der Waals surface area contributed by atoms with Crippen LogP contribution in [0.1, 0.15) is 28.8 Å². The summed E-state index contributed by atoms with van der Waals surface area (Å²) < 4.78 is 5.33. The molecule has 1 atom stereocenters. The number of halogens is 1. The van der Waals surface area contributed by atoms with Crippen LogP contribution < -0.4 is 0 Å². The number of piperidine rings is 1. The van der Waals surface area contributed by atoms with Gasteiger partial charge in [0.1, 0.15) is 0 Å². The van der Waals surface area contributed by atoms with E-state index in [0.717, 1.165) is 30.5 Å². The first kappa shape index (κ1) is 13.4. The number of nitrogens with zero attached hydrogens (tertiary/aromatic N) is 1. The number of amides is 1. The second-order valence-corrected chi connectivity index (χ2v) is 4.85. The first-order chi connectivity index (χ1) is 8.74. The van der Waals surface area contributed by atoms with Gasteiger partial charge in [0, 0.05) is 31.6 Å². The maximum atomic E-state index is 12.3. The molecule has 0 aromatic heterocycles. The Morgan fingerprint density at radius 1 is 1.44 bits per heavy atom. The standard InChI is InChI=1S/C14H18ClNO2/c1-18-13-3-2-8-16(10-13)14(17)12-6-4-11(9-15)5-7-12/h4-7,13H,2-3,8-10H2,1H3. The van der Waals surface area contributed by atoms with Crippen molar-refractivity contribution in [1.29, 1.82) is 0 Å². The largest absolute Gasteiger partial charge is 0.380 e. The fourth-order valence-electron chi connectivity index (χ4n) is 2.23. The smallest absolute Gasteiger partial charge is 0.253 e. The van der Waals surface area contributed by atoms with Crippen LogP contribution in [-0.2, 0) is 10.6 Å². The third-order valence-electron chi connectivity index (χ3n) is 3.35. The highest BCUT2D eigenvalue weighted by Crippen LogP contribution is 2.16. The summed E-state index contributed by atoms with van der Waals surface area (Å²) in [6, 6.07) is 7.49. The van der Waals surface area contributed by atoms with Gasteiger partial charge in [0.15, 0.2) is 0 Å². The van der Waals surface area contributed by atoms with Crippen LogP contribution in [0, 0.1) is 0 Å². The SMILES string of the molecule is COC1CCCN(C(=O)c2ccc(CCl)cc2)C1. The molecule has 1 aliphatic rings. The predicted octanol–water partition coefficient (Wildman–Crippen LogP) is 2.68. The molecule has 18 heavy (non-hydrogen) atoms. The molecule has 1 aromatic rings. The van der Waals surface area contributed by atoms with E-state index in [9.17, 15) is 4.79 Å². The average Bonchev–Trinajstić information content (AvgIpc) is 2.46. The van der Waals surface area contributed by atoms with Crippen LogP contribution in [0.4, 0.5) is 0 Å². The Bertz CT molecular complexity index is 405. The van der Waals surface area contributed by atoms with Crippen LogP contribution in [-0.4, -0.2) is 37.1 Å². The maximum absolute atomic E-state index is 12.3. The first-order valence-corrected chi connectivity index (χ1v) is 6.75. The van der Waals surface area contributed by atoms with Gasteiger partial charge in [-0.05, 0) is 30.5 Å². The minimum atomic E-state index is 0.0814. The molecule has 98 valence electrons. The summed E-state index contributed by atoms with van der Waals surface area (Å²) >= 11 is 5.73. The van der Waals surface area contributed by atoms with Crippen molar-refractivity contribution in [3.05, 3.63) is 35.4 Å². The van der Waals surface area contributed by atoms with E-state index in [2.05, 4.69) is 0 Å². The predicted molar refractivity (Wildman–Crippen MR) is 71.9 cm³/mol. The number of hydrogen-bond acceptors (Lipinski definition) is 2. The topological polar surface area (TPSA) is 29.5 Å². The fraction of sp³-hybridized carbons (Fsp3) is 0.500. The van der Waals surface area contributed by atoms with Gasteiger partial charge in [-0.25, -0.2) is 0 Å². The van der Waals surface area contributed by atoms with Crippen molar-refractivity contribution >= 4 is 17.5 Å². The molecule has 1 unspecified atom stereocenters. The number of rotatable bonds is 3. The zero-order valence-corrected chi connectivity index (χ0v) is 11.3. The molecule has 0 saturated carbocycles. The van der Waals surface area contributed by atoms with Crippen molar-refractivity contribution in [2.45, 2.75) is 24.8 Å². The van der Waals surface area contributed by atoms with Crippen molar-refractivity contribution in [3.63, 3.8) is 0 Å². The Balaban J connectivity index is 2.05. The quantitative estimate of drug-likeness (QED) is 0.788. The number of carbonyl (C=O) groups is 1. The van der Waals surface area contributed by atoms with Crippen LogP contribution in [0.3, 0.4) is 0 Å². The number of methoxy groups -OCH3 is 1. The van der Waals surface area contributed by atoms with E-state index in [0.29, 0.717) is 12.4 Å². The van der Waals surface area contributed by atoms with Gasteiger partial charge < -0.3 is 9.64 Å². The maximum Gasteiger partial charge on any atom is 0.253 e. The van der Waals surface area contributed by atoms with Crippen LogP contribution in [0.5, 0.6) is 0 Å². The normalized spacial score (nSPS) is 19.9. The lowest BCUT2D eigenvalue weighted by Crippen LogP contribution is -2.42. The van der Waals surface area contributed by atoms with Crippen molar-refractivity contribution < 1.29 is 9.53 Å². The van der Waals surface area contributed by atoms with Gasteiger partial charge in [-0.15, -0.1) is 11.6 Å². The molecular weight excluding hydrogens is 250 g/mol. The molecule has 0 aliphatic carbocycles. The zero-order valence-electron chi connectivity index (χ0n) is 10.6. The zero-order chi connectivity index (χ0) is 13.0. The van der Waals surface area contributed by atoms with E-state index in [4.69, 9.17) is 16.3 Å². The Morgan fingerprint density at radius 3 is 2.78 bits per heavy atom. The Labute approximate surface area is 113 Å². The third-order valence-corrected chi connectivity index (χ3v) is 3.66. The highest BCUT2D eigenvalue weighted by atomic mass is 35.5. The molecule has 1 aliphatic heterocycles. The lowest BCUT2D eigenvalue weighted by molar-refractivity contribution is 0.0269. The van der Waals surface area contributed by atoms with E-state index in [1.54, 1.807) is 7.11 Å². The minimum absolute atomic E-state index is 0.0814. The van der Waals surface area contributed by atoms with Gasteiger partial charge in [-0.1, -0.05) is 12.1 Å². The second-order valence-electron chi connectivity index (χ2n) is 4.58. The van der Waals surface area contributed by atoms with Crippen LogP contribution in [0.15, 0.2) is 24.3 Å². The van der Waals surface area contributed by atoms with E-state index in [-0.39, 0.29) is 12.0 Å². The van der Waals surface area contributed by atoms with Crippen LogP contribution >= 0.6 is 11.6 Å².